The molecule has 2 aromatic heterocycles. The van der Waals surface area contributed by atoms with Gasteiger partial charge < -0.3 is 25.8 Å². The first-order valence-corrected chi connectivity index (χ1v) is 8.04. The topological polar surface area (TPSA) is 150 Å². The number of hydrogen-bond acceptors (Lipinski definition) is 8. The Labute approximate surface area is 144 Å². The van der Waals surface area contributed by atoms with Crippen molar-refractivity contribution in [1.82, 2.24) is 14.6 Å². The van der Waals surface area contributed by atoms with Gasteiger partial charge in [0.2, 0.25) is 5.60 Å². The van der Waals surface area contributed by atoms with Crippen molar-refractivity contribution in [3.63, 3.8) is 0 Å². The highest BCUT2D eigenvalue weighted by Gasteiger charge is 2.57. The van der Waals surface area contributed by atoms with E-state index >= 15 is 0 Å². The lowest BCUT2D eigenvalue weighted by Crippen LogP contribution is -2.41. The number of ether oxygens (including phenoxy) is 1. The zero-order valence-corrected chi connectivity index (χ0v) is 14.0. The summed E-state index contributed by atoms with van der Waals surface area (Å²) in [6, 6.07) is 5.11. The molecule has 9 heteroatoms. The molecule has 0 unspecified atom stereocenters. The summed E-state index contributed by atoms with van der Waals surface area (Å²) in [6.07, 6.45) is -3.43. The van der Waals surface area contributed by atoms with Crippen LogP contribution in [0.25, 0.3) is 5.52 Å². The summed E-state index contributed by atoms with van der Waals surface area (Å²) in [5.74, 6) is 1.05. The third-order valence-electron chi connectivity index (χ3n) is 4.36. The van der Waals surface area contributed by atoms with Gasteiger partial charge in [0.05, 0.1) is 12.3 Å². The number of rotatable bonds is 4. The molecule has 0 spiro atoms. The van der Waals surface area contributed by atoms with Crippen LogP contribution in [0.15, 0.2) is 12.1 Å². The van der Waals surface area contributed by atoms with Gasteiger partial charge in [-0.25, -0.2) is 9.50 Å². The van der Waals surface area contributed by atoms with Gasteiger partial charge in [-0.3, -0.25) is 0 Å². The van der Waals surface area contributed by atoms with Crippen LogP contribution in [-0.4, -0.2) is 54.8 Å². The van der Waals surface area contributed by atoms with Crippen LogP contribution in [0.2, 0.25) is 0 Å². The van der Waals surface area contributed by atoms with E-state index in [-0.39, 0.29) is 11.5 Å². The van der Waals surface area contributed by atoms with Crippen LogP contribution >= 0.6 is 0 Å². The molecule has 4 atom stereocenters. The number of nitrogen functional groups attached to an aromatic ring is 1. The zero-order valence-electron chi connectivity index (χ0n) is 14.0. The molecule has 5 N–H and O–H groups in total. The van der Waals surface area contributed by atoms with Crippen molar-refractivity contribution >= 4 is 11.3 Å². The highest BCUT2D eigenvalue weighted by molar-refractivity contribution is 5.66. The fourth-order valence-corrected chi connectivity index (χ4v) is 3.13. The molecule has 1 saturated heterocycles. The highest BCUT2D eigenvalue weighted by atomic mass is 16.6. The lowest BCUT2D eigenvalue weighted by molar-refractivity contribution is -0.0643. The number of fused-ring (bicyclic) bond motifs is 1. The molecule has 2 aromatic rings. The maximum Gasteiger partial charge on any atom is 0.225 e. The summed E-state index contributed by atoms with van der Waals surface area (Å²) in [4.78, 5) is 4.27. The van der Waals surface area contributed by atoms with Crippen molar-refractivity contribution in [3.05, 3.63) is 23.7 Å². The number of nitrogens with zero attached hydrogens (tertiary/aromatic N) is 4. The van der Waals surface area contributed by atoms with E-state index < -0.39 is 30.5 Å². The number of aliphatic hydroxyl groups excluding tert-OH is 3. The molecule has 0 amide bonds. The van der Waals surface area contributed by atoms with Crippen molar-refractivity contribution < 1.29 is 20.1 Å². The summed E-state index contributed by atoms with van der Waals surface area (Å²) in [7, 11) is 0. The fraction of sp³-hybridized carbons (Fsp3) is 0.562. The molecule has 3 heterocycles. The summed E-state index contributed by atoms with van der Waals surface area (Å²) >= 11 is 0. The van der Waals surface area contributed by atoms with Crippen LogP contribution in [0.3, 0.4) is 0 Å². The van der Waals surface area contributed by atoms with Crippen LogP contribution < -0.4 is 5.73 Å². The van der Waals surface area contributed by atoms with Gasteiger partial charge in [-0.15, -0.1) is 0 Å². The molecule has 0 radical (unpaired) electrons. The van der Waals surface area contributed by atoms with E-state index in [9.17, 15) is 20.6 Å². The van der Waals surface area contributed by atoms with Crippen LogP contribution in [0, 0.1) is 17.2 Å². The molecule has 0 bridgehead atoms. The maximum absolute atomic E-state index is 10.4. The van der Waals surface area contributed by atoms with Crippen molar-refractivity contribution in [3.8, 4) is 6.07 Å². The van der Waals surface area contributed by atoms with E-state index in [0.29, 0.717) is 23.7 Å². The molecular weight excluding hydrogens is 326 g/mol. The summed E-state index contributed by atoms with van der Waals surface area (Å²) < 4.78 is 6.97. The number of nitrogens with two attached hydrogens (primary N) is 1. The summed E-state index contributed by atoms with van der Waals surface area (Å²) in [6.45, 7) is 3.51. The molecule has 0 aromatic carbocycles. The van der Waals surface area contributed by atoms with Gasteiger partial charge in [0.1, 0.15) is 29.9 Å². The molecule has 25 heavy (non-hydrogen) atoms. The Morgan fingerprint density at radius 2 is 2.16 bits per heavy atom. The van der Waals surface area contributed by atoms with Crippen molar-refractivity contribution in [2.45, 2.75) is 44.2 Å². The van der Waals surface area contributed by atoms with Gasteiger partial charge in [0.15, 0.2) is 11.6 Å². The Morgan fingerprint density at radius 1 is 1.44 bits per heavy atom. The Hall–Kier alpha value is -2.25. The number of anilines is 1. The first-order chi connectivity index (χ1) is 11.8. The van der Waals surface area contributed by atoms with Crippen LogP contribution in [0.4, 0.5) is 5.82 Å². The van der Waals surface area contributed by atoms with E-state index in [1.54, 1.807) is 12.1 Å². The second kappa shape index (κ2) is 6.24. The van der Waals surface area contributed by atoms with Gasteiger partial charge in [0.25, 0.3) is 0 Å². The molecule has 9 nitrogen and oxygen atoms in total. The lowest BCUT2D eigenvalue weighted by atomic mass is 9.92. The lowest BCUT2D eigenvalue weighted by Gasteiger charge is -2.24. The number of nitriles is 1. The number of hydrogen-bond donors (Lipinski definition) is 4. The predicted molar refractivity (Wildman–Crippen MR) is 87.2 cm³/mol. The van der Waals surface area contributed by atoms with Gasteiger partial charge in [0, 0.05) is 6.42 Å². The monoisotopic (exact) mass is 347 g/mol. The molecule has 134 valence electrons. The third-order valence-corrected chi connectivity index (χ3v) is 4.36. The van der Waals surface area contributed by atoms with E-state index in [4.69, 9.17) is 10.5 Å². The van der Waals surface area contributed by atoms with Crippen LogP contribution in [0.1, 0.15) is 25.4 Å². The van der Waals surface area contributed by atoms with Crippen LogP contribution in [-0.2, 0) is 16.8 Å². The van der Waals surface area contributed by atoms with Gasteiger partial charge in [-0.2, -0.15) is 10.4 Å². The fourth-order valence-electron chi connectivity index (χ4n) is 3.13. The Kier molecular flexibility index (Phi) is 4.38. The van der Waals surface area contributed by atoms with Crippen molar-refractivity contribution in [1.29, 1.82) is 5.26 Å². The molecule has 0 saturated carbocycles. The van der Waals surface area contributed by atoms with Gasteiger partial charge in [-0.05, 0) is 18.1 Å². The Morgan fingerprint density at radius 3 is 2.72 bits per heavy atom. The van der Waals surface area contributed by atoms with Crippen molar-refractivity contribution in [2.75, 3.05) is 12.3 Å². The average Bonchev–Trinajstić information content (AvgIpc) is 3.09. The maximum atomic E-state index is 10.4. The normalized spacial score (nSPS) is 29.4. The minimum atomic E-state index is -1.87. The SMILES string of the molecule is CC(C)Cc1nc(N)c2ccc([C@]3(C#N)O[C@H](CO)[C@@H](O)[C@H]3O)n2n1. The second-order valence-electron chi connectivity index (χ2n) is 6.65. The molecule has 1 aliphatic rings. The van der Waals surface area contributed by atoms with E-state index in [2.05, 4.69) is 10.1 Å². The van der Waals surface area contributed by atoms with E-state index in [1.807, 2.05) is 19.9 Å². The highest BCUT2D eigenvalue weighted by Crippen LogP contribution is 2.40. The summed E-state index contributed by atoms with van der Waals surface area (Å²) in [5, 5.41) is 44.0. The standard InChI is InChI=1S/C16H21N5O4/c1-8(2)5-12-19-15(18)9-3-4-11(21(9)20-12)16(7-17)14(24)13(23)10(6-22)25-16/h3-4,8,10,13-14,22-24H,5-6H2,1-2H3,(H2,18,19,20)/t10-,13-,14-,16+/m1/s1. The van der Waals surface area contributed by atoms with E-state index in [1.165, 1.54) is 4.52 Å². The number of aliphatic hydroxyl groups is 3. The number of aromatic nitrogens is 3. The Bertz CT molecular complexity index is 830. The average molecular weight is 347 g/mol. The van der Waals surface area contributed by atoms with Crippen LogP contribution in [0.5, 0.6) is 0 Å². The quantitative estimate of drug-likeness (QED) is 0.569. The third kappa shape index (κ3) is 2.63. The summed E-state index contributed by atoms with van der Waals surface area (Å²) in [5.41, 5.74) is 4.83. The first-order valence-electron chi connectivity index (χ1n) is 8.04. The molecule has 1 fully saturated rings. The Balaban J connectivity index is 2.18. The smallest absolute Gasteiger partial charge is 0.225 e. The van der Waals surface area contributed by atoms with Crippen molar-refractivity contribution in [2.24, 2.45) is 5.92 Å². The molecule has 3 rings (SSSR count). The molecular formula is C16H21N5O4. The minimum absolute atomic E-state index is 0.228. The van der Waals surface area contributed by atoms with Gasteiger partial charge >= 0.3 is 0 Å². The first kappa shape index (κ1) is 17.6. The molecule has 0 aliphatic carbocycles. The minimum Gasteiger partial charge on any atom is -0.394 e. The second-order valence-corrected chi connectivity index (χ2v) is 6.65. The largest absolute Gasteiger partial charge is 0.394 e. The van der Waals surface area contributed by atoms with Gasteiger partial charge in [-0.1, -0.05) is 13.8 Å². The predicted octanol–water partition coefficient (Wildman–Crippen LogP) is -0.658. The van der Waals surface area contributed by atoms with E-state index in [0.717, 1.165) is 0 Å². The zero-order chi connectivity index (χ0) is 18.4. The molecule has 1 aliphatic heterocycles.